The highest BCUT2D eigenvalue weighted by Gasteiger charge is 2.33. The van der Waals surface area contributed by atoms with Crippen molar-refractivity contribution < 1.29 is 9.18 Å². The van der Waals surface area contributed by atoms with Gasteiger partial charge in [0, 0.05) is 38.8 Å². The lowest BCUT2D eigenvalue weighted by Gasteiger charge is -2.43. The van der Waals surface area contributed by atoms with E-state index in [2.05, 4.69) is 39.4 Å². The topological polar surface area (TPSA) is 35.6 Å². The van der Waals surface area contributed by atoms with Crippen molar-refractivity contribution in [3.05, 3.63) is 102 Å². The van der Waals surface area contributed by atoms with Crippen molar-refractivity contribution in [1.29, 1.82) is 0 Å². The highest BCUT2D eigenvalue weighted by molar-refractivity contribution is 5.73. The third-order valence-corrected chi connectivity index (χ3v) is 5.87. The second-order valence-corrected chi connectivity index (χ2v) is 7.94. The number of hydrogen-bond donors (Lipinski definition) is 1. The Labute approximate surface area is 183 Å². The van der Waals surface area contributed by atoms with Crippen molar-refractivity contribution in [2.45, 2.75) is 19.0 Å². The van der Waals surface area contributed by atoms with E-state index in [1.165, 1.54) is 17.7 Å². The first-order valence-corrected chi connectivity index (χ1v) is 10.7. The number of benzene rings is 3. The minimum absolute atomic E-state index is 0.0165. The molecule has 4 nitrogen and oxygen atoms in total. The fourth-order valence-electron chi connectivity index (χ4n) is 4.40. The second kappa shape index (κ2) is 9.75. The Morgan fingerprint density at radius 3 is 1.90 bits per heavy atom. The molecule has 2 atom stereocenters. The maximum absolute atomic E-state index is 13.3. The summed E-state index contributed by atoms with van der Waals surface area (Å²) in [4.78, 5) is 16.9. The SMILES string of the molecule is CC(=O)NC(c1ccccc1)C(c1ccccc1)N1CCN(c2ccc(F)cc2)CC1. The summed E-state index contributed by atoms with van der Waals surface area (Å²) >= 11 is 0. The zero-order valence-corrected chi connectivity index (χ0v) is 17.7. The number of carbonyl (C=O) groups excluding carboxylic acids is 1. The number of amides is 1. The van der Waals surface area contributed by atoms with Crippen LogP contribution in [0.15, 0.2) is 84.9 Å². The largest absolute Gasteiger partial charge is 0.369 e. The van der Waals surface area contributed by atoms with Crippen molar-refractivity contribution in [2.24, 2.45) is 0 Å². The minimum atomic E-state index is -0.215. The van der Waals surface area contributed by atoms with Gasteiger partial charge in [-0.3, -0.25) is 9.69 Å². The van der Waals surface area contributed by atoms with Crippen LogP contribution in [0.25, 0.3) is 0 Å². The molecule has 0 bridgehead atoms. The third kappa shape index (κ3) is 5.12. The fourth-order valence-corrected chi connectivity index (χ4v) is 4.40. The van der Waals surface area contributed by atoms with E-state index in [1.54, 1.807) is 6.92 Å². The van der Waals surface area contributed by atoms with Crippen molar-refractivity contribution >= 4 is 11.6 Å². The molecule has 1 N–H and O–H groups in total. The number of halogens is 1. The Balaban J connectivity index is 1.61. The molecular formula is C26H28FN3O. The molecule has 1 aliphatic rings. The number of nitrogens with zero attached hydrogens (tertiary/aromatic N) is 2. The summed E-state index contributed by atoms with van der Waals surface area (Å²) in [7, 11) is 0. The Morgan fingerprint density at radius 2 is 1.35 bits per heavy atom. The molecule has 1 heterocycles. The standard InChI is InChI=1S/C26H28FN3O/c1-20(31)28-25(21-8-4-2-5-9-21)26(22-10-6-3-7-11-22)30-18-16-29(17-19-30)24-14-12-23(27)13-15-24/h2-15,25-26H,16-19H2,1H3,(H,28,31). The molecule has 1 amide bonds. The molecule has 4 rings (SSSR count). The van der Waals surface area contributed by atoms with Crippen molar-refractivity contribution in [1.82, 2.24) is 10.2 Å². The van der Waals surface area contributed by atoms with Gasteiger partial charge in [-0.1, -0.05) is 60.7 Å². The lowest BCUT2D eigenvalue weighted by Crippen LogP contribution is -2.50. The van der Waals surface area contributed by atoms with Crippen LogP contribution in [0.4, 0.5) is 10.1 Å². The van der Waals surface area contributed by atoms with Crippen LogP contribution in [0, 0.1) is 5.82 Å². The minimum Gasteiger partial charge on any atom is -0.369 e. The van der Waals surface area contributed by atoms with Crippen LogP contribution in [0.5, 0.6) is 0 Å². The van der Waals surface area contributed by atoms with E-state index in [4.69, 9.17) is 0 Å². The van der Waals surface area contributed by atoms with Crippen LogP contribution in [-0.2, 0) is 4.79 Å². The van der Waals surface area contributed by atoms with E-state index in [0.29, 0.717) is 0 Å². The monoisotopic (exact) mass is 417 g/mol. The summed E-state index contributed by atoms with van der Waals surface area (Å²) < 4.78 is 13.3. The predicted molar refractivity (Wildman–Crippen MR) is 122 cm³/mol. The molecule has 1 aliphatic heterocycles. The second-order valence-electron chi connectivity index (χ2n) is 7.94. The van der Waals surface area contributed by atoms with E-state index >= 15 is 0 Å². The Kier molecular flexibility index (Phi) is 6.63. The molecule has 5 heteroatoms. The van der Waals surface area contributed by atoms with Crippen molar-refractivity contribution in [2.75, 3.05) is 31.1 Å². The van der Waals surface area contributed by atoms with E-state index < -0.39 is 0 Å². The van der Waals surface area contributed by atoms with Gasteiger partial charge in [-0.15, -0.1) is 0 Å². The third-order valence-electron chi connectivity index (χ3n) is 5.87. The molecule has 0 saturated carbocycles. The fraction of sp³-hybridized carbons (Fsp3) is 0.269. The first kappa shape index (κ1) is 21.1. The van der Waals surface area contributed by atoms with Gasteiger partial charge in [0.1, 0.15) is 5.82 Å². The molecular weight excluding hydrogens is 389 g/mol. The summed E-state index contributed by atoms with van der Waals surface area (Å²) in [5.74, 6) is -0.257. The summed E-state index contributed by atoms with van der Waals surface area (Å²) in [5, 5.41) is 3.21. The molecule has 0 radical (unpaired) electrons. The first-order chi connectivity index (χ1) is 15.1. The van der Waals surface area contributed by atoms with Crippen LogP contribution < -0.4 is 10.2 Å². The van der Waals surface area contributed by atoms with Gasteiger partial charge < -0.3 is 10.2 Å². The molecule has 2 unspecified atom stereocenters. The normalized spacial score (nSPS) is 16.5. The zero-order chi connectivity index (χ0) is 21.6. The van der Waals surface area contributed by atoms with Gasteiger partial charge in [-0.05, 0) is 35.4 Å². The molecule has 31 heavy (non-hydrogen) atoms. The van der Waals surface area contributed by atoms with Crippen LogP contribution in [0.2, 0.25) is 0 Å². The average molecular weight is 418 g/mol. The Bertz CT molecular complexity index is 971. The highest BCUT2D eigenvalue weighted by Crippen LogP contribution is 2.35. The summed E-state index contributed by atoms with van der Waals surface area (Å²) in [6.45, 7) is 4.96. The van der Waals surface area contributed by atoms with E-state index in [0.717, 1.165) is 37.4 Å². The van der Waals surface area contributed by atoms with Gasteiger partial charge in [0.15, 0.2) is 0 Å². The number of piperazine rings is 1. The first-order valence-electron chi connectivity index (χ1n) is 10.7. The molecule has 3 aromatic carbocycles. The Hall–Kier alpha value is -3.18. The number of nitrogens with one attached hydrogen (secondary N) is 1. The zero-order valence-electron chi connectivity index (χ0n) is 17.7. The van der Waals surface area contributed by atoms with Gasteiger partial charge in [0.2, 0.25) is 5.91 Å². The number of rotatable bonds is 6. The average Bonchev–Trinajstić information content (AvgIpc) is 2.81. The molecule has 1 saturated heterocycles. The smallest absolute Gasteiger partial charge is 0.217 e. The maximum atomic E-state index is 13.3. The van der Waals surface area contributed by atoms with Crippen LogP contribution >= 0.6 is 0 Å². The summed E-state index contributed by atoms with van der Waals surface area (Å²) in [5.41, 5.74) is 3.31. The van der Waals surface area contributed by atoms with Gasteiger partial charge in [-0.25, -0.2) is 4.39 Å². The van der Waals surface area contributed by atoms with Gasteiger partial charge >= 0.3 is 0 Å². The molecule has 3 aromatic rings. The molecule has 0 aromatic heterocycles. The van der Waals surface area contributed by atoms with Crippen molar-refractivity contribution in [3.63, 3.8) is 0 Å². The van der Waals surface area contributed by atoms with E-state index in [-0.39, 0.29) is 23.8 Å². The van der Waals surface area contributed by atoms with Gasteiger partial charge in [0.25, 0.3) is 0 Å². The number of carbonyl (C=O) groups is 1. The number of anilines is 1. The predicted octanol–water partition coefficient (Wildman–Crippen LogP) is 4.57. The maximum Gasteiger partial charge on any atom is 0.217 e. The lowest BCUT2D eigenvalue weighted by atomic mass is 9.91. The molecule has 0 aliphatic carbocycles. The molecule has 1 fully saturated rings. The van der Waals surface area contributed by atoms with Crippen LogP contribution in [0.3, 0.4) is 0 Å². The van der Waals surface area contributed by atoms with Gasteiger partial charge in [-0.2, -0.15) is 0 Å². The summed E-state index contributed by atoms with van der Waals surface area (Å²) in [6.07, 6.45) is 0. The lowest BCUT2D eigenvalue weighted by molar-refractivity contribution is -0.120. The molecule has 160 valence electrons. The van der Waals surface area contributed by atoms with Crippen LogP contribution in [-0.4, -0.2) is 37.0 Å². The quantitative estimate of drug-likeness (QED) is 0.638. The summed E-state index contributed by atoms with van der Waals surface area (Å²) in [6, 6.07) is 27.1. The van der Waals surface area contributed by atoms with Gasteiger partial charge in [0.05, 0.1) is 12.1 Å². The van der Waals surface area contributed by atoms with E-state index in [9.17, 15) is 9.18 Å². The van der Waals surface area contributed by atoms with Crippen molar-refractivity contribution in [3.8, 4) is 0 Å². The molecule has 0 spiro atoms. The van der Waals surface area contributed by atoms with E-state index in [1.807, 2.05) is 48.5 Å². The Morgan fingerprint density at radius 1 is 0.806 bits per heavy atom. The number of hydrogen-bond acceptors (Lipinski definition) is 3. The van der Waals surface area contributed by atoms with Crippen LogP contribution in [0.1, 0.15) is 30.1 Å². The highest BCUT2D eigenvalue weighted by atomic mass is 19.1.